The van der Waals surface area contributed by atoms with Crippen molar-refractivity contribution in [2.75, 3.05) is 13.1 Å². The predicted octanol–water partition coefficient (Wildman–Crippen LogP) is 6.46. The van der Waals surface area contributed by atoms with E-state index in [-0.39, 0.29) is 0 Å². The lowest BCUT2D eigenvalue weighted by Gasteiger charge is -2.53. The van der Waals surface area contributed by atoms with E-state index < -0.39 is 0 Å². The van der Waals surface area contributed by atoms with Gasteiger partial charge in [-0.1, -0.05) is 46.0 Å². The van der Waals surface area contributed by atoms with Crippen molar-refractivity contribution in [1.82, 2.24) is 0 Å². The standard InChI is InChI=1S/C21H42N/c1-3-5-10-15-20(4-2)22(18-13-9-14-19-22)21-16-11-7-6-8-12-17-21/h20-21H,3-19H2,1-2H3/q+1. The number of rotatable bonds is 7. The summed E-state index contributed by atoms with van der Waals surface area (Å²) in [6.07, 6.45) is 22.3. The lowest BCUT2D eigenvalue weighted by molar-refractivity contribution is -0.978. The molecule has 0 bridgehead atoms. The molecule has 1 heterocycles. The first-order chi connectivity index (χ1) is 10.8. The Kier molecular flexibility index (Phi) is 8.28. The Balaban J connectivity index is 2.09. The number of nitrogens with zero attached hydrogens (tertiary/aromatic N) is 1. The smallest absolute Gasteiger partial charge is 0.0892 e. The van der Waals surface area contributed by atoms with E-state index in [4.69, 9.17) is 0 Å². The van der Waals surface area contributed by atoms with Crippen LogP contribution < -0.4 is 0 Å². The third-order valence-corrected chi connectivity index (χ3v) is 6.79. The van der Waals surface area contributed by atoms with E-state index in [1.807, 2.05) is 0 Å². The van der Waals surface area contributed by atoms with E-state index in [1.165, 1.54) is 109 Å². The molecule has 1 heteroatoms. The topological polar surface area (TPSA) is 0 Å². The van der Waals surface area contributed by atoms with Gasteiger partial charge in [-0.2, -0.15) is 0 Å². The normalized spacial score (nSPS) is 25.4. The lowest BCUT2D eigenvalue weighted by atomic mass is 9.87. The lowest BCUT2D eigenvalue weighted by Crippen LogP contribution is -2.63. The van der Waals surface area contributed by atoms with Crippen LogP contribution in [0.1, 0.15) is 110 Å². The minimum Gasteiger partial charge on any atom is -0.319 e. The van der Waals surface area contributed by atoms with Crippen molar-refractivity contribution in [3.05, 3.63) is 0 Å². The Morgan fingerprint density at radius 1 is 0.773 bits per heavy atom. The minimum atomic E-state index is 0.969. The van der Waals surface area contributed by atoms with Crippen LogP contribution in [0.5, 0.6) is 0 Å². The highest BCUT2D eigenvalue weighted by Crippen LogP contribution is 2.36. The second-order valence-electron chi connectivity index (χ2n) is 8.17. The maximum atomic E-state index is 2.48. The first kappa shape index (κ1) is 18.3. The van der Waals surface area contributed by atoms with Crippen LogP contribution in [0.3, 0.4) is 0 Å². The Morgan fingerprint density at radius 3 is 1.95 bits per heavy atom. The molecular weight excluding hydrogens is 266 g/mol. The van der Waals surface area contributed by atoms with Gasteiger partial charge in [-0.15, -0.1) is 0 Å². The number of piperidine rings is 1. The van der Waals surface area contributed by atoms with Crippen molar-refractivity contribution >= 4 is 0 Å². The molecule has 2 fully saturated rings. The maximum absolute atomic E-state index is 2.48. The fraction of sp³-hybridized carbons (Fsp3) is 1.00. The summed E-state index contributed by atoms with van der Waals surface area (Å²) < 4.78 is 1.54. The number of hydrogen-bond acceptors (Lipinski definition) is 0. The summed E-state index contributed by atoms with van der Waals surface area (Å²) in [6, 6.07) is 1.98. The molecule has 0 amide bonds. The van der Waals surface area contributed by atoms with Crippen LogP contribution in [-0.2, 0) is 0 Å². The second-order valence-corrected chi connectivity index (χ2v) is 8.17. The van der Waals surface area contributed by atoms with Gasteiger partial charge >= 0.3 is 0 Å². The molecule has 0 N–H and O–H groups in total. The third kappa shape index (κ3) is 4.73. The minimum absolute atomic E-state index is 0.969. The fourth-order valence-corrected chi connectivity index (χ4v) is 5.53. The number of hydrogen-bond donors (Lipinski definition) is 0. The van der Waals surface area contributed by atoms with E-state index >= 15 is 0 Å². The fourth-order valence-electron chi connectivity index (χ4n) is 5.53. The molecule has 0 aromatic heterocycles. The molecular formula is C21H42N+. The zero-order valence-corrected chi connectivity index (χ0v) is 15.6. The number of unbranched alkanes of at least 4 members (excludes halogenated alkanes) is 2. The molecule has 0 radical (unpaired) electrons. The molecule has 130 valence electrons. The quantitative estimate of drug-likeness (QED) is 0.374. The monoisotopic (exact) mass is 308 g/mol. The van der Waals surface area contributed by atoms with E-state index in [1.54, 1.807) is 4.48 Å². The summed E-state index contributed by atoms with van der Waals surface area (Å²) >= 11 is 0. The first-order valence-electron chi connectivity index (χ1n) is 10.7. The average molecular weight is 309 g/mol. The number of likely N-dealkylation sites (tertiary alicyclic amines) is 1. The summed E-state index contributed by atoms with van der Waals surface area (Å²) in [5.41, 5.74) is 0. The average Bonchev–Trinajstić information content (AvgIpc) is 2.52. The van der Waals surface area contributed by atoms with Gasteiger partial charge in [-0.3, -0.25) is 0 Å². The molecule has 1 aliphatic carbocycles. The highest BCUT2D eigenvalue weighted by Gasteiger charge is 2.42. The van der Waals surface area contributed by atoms with Crippen LogP contribution in [0.4, 0.5) is 0 Å². The third-order valence-electron chi connectivity index (χ3n) is 6.79. The van der Waals surface area contributed by atoms with Crippen LogP contribution in [0, 0.1) is 0 Å². The highest BCUT2D eigenvalue weighted by molar-refractivity contribution is 4.73. The van der Waals surface area contributed by atoms with Crippen molar-refractivity contribution in [1.29, 1.82) is 0 Å². The second kappa shape index (κ2) is 9.96. The van der Waals surface area contributed by atoms with Crippen molar-refractivity contribution in [2.45, 2.75) is 122 Å². The van der Waals surface area contributed by atoms with E-state index in [2.05, 4.69) is 13.8 Å². The Morgan fingerprint density at radius 2 is 1.36 bits per heavy atom. The van der Waals surface area contributed by atoms with Crippen LogP contribution in [-0.4, -0.2) is 29.7 Å². The zero-order valence-electron chi connectivity index (χ0n) is 15.6. The summed E-state index contributed by atoms with van der Waals surface area (Å²) in [5, 5.41) is 0. The molecule has 1 saturated carbocycles. The largest absolute Gasteiger partial charge is 0.319 e. The molecule has 1 atom stereocenters. The molecule has 22 heavy (non-hydrogen) atoms. The van der Waals surface area contributed by atoms with Crippen LogP contribution >= 0.6 is 0 Å². The predicted molar refractivity (Wildman–Crippen MR) is 98.2 cm³/mol. The van der Waals surface area contributed by atoms with Crippen LogP contribution in [0.2, 0.25) is 0 Å². The van der Waals surface area contributed by atoms with Crippen molar-refractivity contribution in [2.24, 2.45) is 0 Å². The van der Waals surface area contributed by atoms with Gasteiger partial charge in [0.05, 0.1) is 25.2 Å². The Labute approximate surface area is 140 Å². The van der Waals surface area contributed by atoms with E-state index in [0.717, 1.165) is 12.1 Å². The highest BCUT2D eigenvalue weighted by atomic mass is 15.4. The Bertz CT molecular complexity index is 272. The molecule has 1 aliphatic heterocycles. The number of quaternary nitrogens is 1. The van der Waals surface area contributed by atoms with E-state index in [9.17, 15) is 0 Å². The van der Waals surface area contributed by atoms with Crippen LogP contribution in [0.15, 0.2) is 0 Å². The summed E-state index contributed by atoms with van der Waals surface area (Å²) in [7, 11) is 0. The molecule has 1 saturated heterocycles. The van der Waals surface area contributed by atoms with Gasteiger partial charge < -0.3 is 4.48 Å². The molecule has 1 nitrogen and oxygen atoms in total. The van der Waals surface area contributed by atoms with Gasteiger partial charge in [0.1, 0.15) is 0 Å². The molecule has 1 unspecified atom stereocenters. The molecule has 0 aromatic rings. The van der Waals surface area contributed by atoms with Gasteiger partial charge in [-0.05, 0) is 64.2 Å². The molecule has 2 rings (SSSR count). The Hall–Kier alpha value is -0.0400. The molecule has 0 aromatic carbocycles. The van der Waals surface area contributed by atoms with Crippen LogP contribution in [0.25, 0.3) is 0 Å². The van der Waals surface area contributed by atoms with Gasteiger partial charge in [0.15, 0.2) is 0 Å². The zero-order chi connectivity index (χ0) is 15.7. The van der Waals surface area contributed by atoms with Gasteiger partial charge in [-0.25, -0.2) is 0 Å². The molecule has 0 spiro atoms. The SMILES string of the molecule is CCCCCC(CC)[N+]1(C2CCCCCCC2)CCCCC1. The van der Waals surface area contributed by atoms with Crippen molar-refractivity contribution in [3.8, 4) is 0 Å². The summed E-state index contributed by atoms with van der Waals surface area (Å²) in [6.45, 7) is 7.85. The van der Waals surface area contributed by atoms with Gasteiger partial charge in [0.25, 0.3) is 0 Å². The maximum Gasteiger partial charge on any atom is 0.0892 e. The first-order valence-corrected chi connectivity index (χ1v) is 10.7. The van der Waals surface area contributed by atoms with Gasteiger partial charge in [0.2, 0.25) is 0 Å². The van der Waals surface area contributed by atoms with Gasteiger partial charge in [0, 0.05) is 0 Å². The summed E-state index contributed by atoms with van der Waals surface area (Å²) in [5.74, 6) is 0. The van der Waals surface area contributed by atoms with Crippen molar-refractivity contribution < 1.29 is 4.48 Å². The molecule has 2 aliphatic rings. The van der Waals surface area contributed by atoms with Crippen molar-refractivity contribution in [3.63, 3.8) is 0 Å². The van der Waals surface area contributed by atoms with E-state index in [0.29, 0.717) is 0 Å². The summed E-state index contributed by atoms with van der Waals surface area (Å²) in [4.78, 5) is 0.